The maximum absolute atomic E-state index is 12.5. The Bertz CT molecular complexity index is 771. The fraction of sp³-hybridized carbons (Fsp3) is 0.529. The Labute approximate surface area is 161 Å². The van der Waals surface area contributed by atoms with Crippen molar-refractivity contribution in [3.8, 4) is 0 Å². The first-order chi connectivity index (χ1) is 13.2. The molecule has 10 heteroatoms. The molecule has 0 radical (unpaired) electrons. The van der Waals surface area contributed by atoms with Crippen LogP contribution in [0.4, 0.5) is 5.82 Å². The lowest BCUT2D eigenvalue weighted by Gasteiger charge is -2.35. The number of amides is 1. The molecule has 2 saturated heterocycles. The molecule has 4 rings (SSSR count). The van der Waals surface area contributed by atoms with Gasteiger partial charge in [-0.2, -0.15) is 0 Å². The Balaban J connectivity index is 1.28. The first-order valence-electron chi connectivity index (χ1n) is 9.11. The van der Waals surface area contributed by atoms with Gasteiger partial charge in [0.1, 0.15) is 11.9 Å². The van der Waals surface area contributed by atoms with Gasteiger partial charge in [0.2, 0.25) is 11.1 Å². The Morgan fingerprint density at radius 1 is 1.26 bits per heavy atom. The average Bonchev–Trinajstić information content (AvgIpc) is 3.37. The van der Waals surface area contributed by atoms with E-state index in [9.17, 15) is 4.79 Å². The SMILES string of the molecule is Nn1c(SCC(=O)N2CCN(c3ccccn3)CC2)nnc1[C@H]1CCCO1. The van der Waals surface area contributed by atoms with Crippen molar-refractivity contribution in [2.75, 3.05) is 49.3 Å². The van der Waals surface area contributed by atoms with Gasteiger partial charge >= 0.3 is 0 Å². The number of anilines is 1. The smallest absolute Gasteiger partial charge is 0.233 e. The molecular formula is C17H23N7O2S. The molecule has 0 aliphatic carbocycles. The second kappa shape index (κ2) is 8.13. The molecule has 9 nitrogen and oxygen atoms in total. The molecule has 1 atom stereocenters. The summed E-state index contributed by atoms with van der Waals surface area (Å²) in [4.78, 5) is 21.0. The summed E-state index contributed by atoms with van der Waals surface area (Å²) in [7, 11) is 0. The first kappa shape index (κ1) is 18.1. The summed E-state index contributed by atoms with van der Waals surface area (Å²) < 4.78 is 7.05. The van der Waals surface area contributed by atoms with Crippen molar-refractivity contribution in [2.45, 2.75) is 24.1 Å². The van der Waals surface area contributed by atoms with Crippen molar-refractivity contribution in [1.29, 1.82) is 0 Å². The van der Waals surface area contributed by atoms with Crippen molar-refractivity contribution >= 4 is 23.5 Å². The van der Waals surface area contributed by atoms with E-state index in [-0.39, 0.29) is 12.0 Å². The van der Waals surface area contributed by atoms with E-state index in [1.54, 1.807) is 6.20 Å². The number of piperazine rings is 1. The van der Waals surface area contributed by atoms with Crippen molar-refractivity contribution in [3.05, 3.63) is 30.2 Å². The number of carbonyl (C=O) groups excluding carboxylic acids is 1. The Hall–Kier alpha value is -2.33. The molecule has 2 fully saturated rings. The highest BCUT2D eigenvalue weighted by atomic mass is 32.2. The largest absolute Gasteiger partial charge is 0.370 e. The number of carbonyl (C=O) groups is 1. The fourth-order valence-electron chi connectivity index (χ4n) is 3.33. The number of rotatable bonds is 5. The van der Waals surface area contributed by atoms with Crippen molar-refractivity contribution in [1.82, 2.24) is 24.8 Å². The van der Waals surface area contributed by atoms with E-state index in [2.05, 4.69) is 20.1 Å². The van der Waals surface area contributed by atoms with E-state index in [1.807, 2.05) is 23.1 Å². The highest BCUT2D eigenvalue weighted by Crippen LogP contribution is 2.28. The summed E-state index contributed by atoms with van der Waals surface area (Å²) in [5.74, 6) is 8.05. The molecule has 4 heterocycles. The summed E-state index contributed by atoms with van der Waals surface area (Å²) >= 11 is 1.32. The third kappa shape index (κ3) is 4.01. The third-order valence-electron chi connectivity index (χ3n) is 4.84. The first-order valence-corrected chi connectivity index (χ1v) is 10.1. The molecular weight excluding hydrogens is 366 g/mol. The minimum Gasteiger partial charge on any atom is -0.370 e. The molecule has 27 heavy (non-hydrogen) atoms. The van der Waals surface area contributed by atoms with Gasteiger partial charge in [-0.05, 0) is 25.0 Å². The van der Waals surface area contributed by atoms with Gasteiger partial charge in [-0.3, -0.25) is 4.79 Å². The molecule has 2 aliphatic heterocycles. The van der Waals surface area contributed by atoms with Gasteiger partial charge in [-0.15, -0.1) is 10.2 Å². The monoisotopic (exact) mass is 389 g/mol. The summed E-state index contributed by atoms with van der Waals surface area (Å²) in [6, 6.07) is 5.87. The maximum atomic E-state index is 12.5. The zero-order valence-corrected chi connectivity index (χ0v) is 15.8. The second-order valence-corrected chi connectivity index (χ2v) is 7.50. The van der Waals surface area contributed by atoms with Gasteiger partial charge in [0, 0.05) is 39.0 Å². The summed E-state index contributed by atoms with van der Waals surface area (Å²) in [5.41, 5.74) is 0. The van der Waals surface area contributed by atoms with E-state index >= 15 is 0 Å². The van der Waals surface area contributed by atoms with Crippen LogP contribution < -0.4 is 10.7 Å². The number of nitrogens with two attached hydrogens (primary N) is 1. The zero-order valence-electron chi connectivity index (χ0n) is 15.0. The van der Waals surface area contributed by atoms with Crippen LogP contribution in [0.3, 0.4) is 0 Å². The van der Waals surface area contributed by atoms with E-state index < -0.39 is 0 Å². The summed E-state index contributed by atoms with van der Waals surface area (Å²) in [5, 5.41) is 8.79. The number of nitrogens with zero attached hydrogens (tertiary/aromatic N) is 6. The highest BCUT2D eigenvalue weighted by molar-refractivity contribution is 7.99. The van der Waals surface area contributed by atoms with Crippen LogP contribution in [-0.4, -0.2) is 69.2 Å². The molecule has 0 saturated carbocycles. The van der Waals surface area contributed by atoms with Gasteiger partial charge in [-0.1, -0.05) is 17.8 Å². The molecule has 0 spiro atoms. The van der Waals surface area contributed by atoms with E-state index in [0.29, 0.717) is 29.8 Å². The molecule has 0 bridgehead atoms. The van der Waals surface area contributed by atoms with Crippen molar-refractivity contribution < 1.29 is 9.53 Å². The van der Waals surface area contributed by atoms with Gasteiger partial charge in [0.15, 0.2) is 5.82 Å². The molecule has 2 aromatic rings. The van der Waals surface area contributed by atoms with Gasteiger partial charge < -0.3 is 20.4 Å². The molecule has 144 valence electrons. The van der Waals surface area contributed by atoms with Crippen LogP contribution in [-0.2, 0) is 9.53 Å². The predicted molar refractivity (Wildman–Crippen MR) is 102 cm³/mol. The van der Waals surface area contributed by atoms with Crippen LogP contribution in [0.25, 0.3) is 0 Å². The van der Waals surface area contributed by atoms with Crippen LogP contribution in [0.1, 0.15) is 24.8 Å². The number of ether oxygens (including phenoxy) is 1. The highest BCUT2D eigenvalue weighted by Gasteiger charge is 2.26. The number of hydrogen-bond donors (Lipinski definition) is 1. The standard InChI is InChI=1S/C17H23N7O2S/c18-24-16(13-4-3-11-26-13)20-21-17(24)27-12-15(25)23-9-7-22(8-10-23)14-5-1-2-6-19-14/h1-2,5-6,13H,3-4,7-12,18H2/t13-/m1/s1. The molecule has 1 amide bonds. The minimum absolute atomic E-state index is 0.0855. The lowest BCUT2D eigenvalue weighted by Crippen LogP contribution is -2.49. The minimum atomic E-state index is -0.0905. The Morgan fingerprint density at radius 3 is 2.81 bits per heavy atom. The lowest BCUT2D eigenvalue weighted by atomic mass is 10.2. The third-order valence-corrected chi connectivity index (χ3v) is 5.77. The topological polar surface area (TPSA) is 102 Å². The number of nitrogen functional groups attached to an aromatic ring is 1. The number of pyridine rings is 1. The molecule has 0 aromatic carbocycles. The summed E-state index contributed by atoms with van der Waals surface area (Å²) in [6.07, 6.45) is 3.60. The van der Waals surface area contributed by atoms with Gasteiger partial charge in [0.05, 0.1) is 5.75 Å². The quantitative estimate of drug-likeness (QED) is 0.588. The van der Waals surface area contributed by atoms with Crippen LogP contribution in [0, 0.1) is 0 Å². The number of thioether (sulfide) groups is 1. The van der Waals surface area contributed by atoms with E-state index in [0.717, 1.165) is 38.4 Å². The molecule has 0 unspecified atom stereocenters. The summed E-state index contributed by atoms with van der Waals surface area (Å²) in [6.45, 7) is 3.66. The fourth-order valence-corrected chi connectivity index (χ4v) is 4.10. The van der Waals surface area contributed by atoms with Crippen LogP contribution in [0.2, 0.25) is 0 Å². The van der Waals surface area contributed by atoms with Crippen LogP contribution in [0.15, 0.2) is 29.6 Å². The average molecular weight is 389 g/mol. The van der Waals surface area contributed by atoms with Crippen LogP contribution >= 0.6 is 11.8 Å². The maximum Gasteiger partial charge on any atom is 0.233 e. The molecule has 2 aliphatic rings. The Morgan fingerprint density at radius 2 is 2.11 bits per heavy atom. The van der Waals surface area contributed by atoms with Crippen molar-refractivity contribution in [2.24, 2.45) is 0 Å². The number of hydrogen-bond acceptors (Lipinski definition) is 8. The van der Waals surface area contributed by atoms with Crippen LogP contribution in [0.5, 0.6) is 0 Å². The van der Waals surface area contributed by atoms with Gasteiger partial charge in [-0.25, -0.2) is 9.66 Å². The van der Waals surface area contributed by atoms with Crippen molar-refractivity contribution in [3.63, 3.8) is 0 Å². The van der Waals surface area contributed by atoms with E-state index in [1.165, 1.54) is 16.4 Å². The normalized spacial score (nSPS) is 20.2. The predicted octanol–water partition coefficient (Wildman–Crippen LogP) is 0.679. The molecule has 2 N–H and O–H groups in total. The van der Waals surface area contributed by atoms with Gasteiger partial charge in [0.25, 0.3) is 0 Å². The zero-order chi connectivity index (χ0) is 18.6. The lowest BCUT2D eigenvalue weighted by molar-refractivity contribution is -0.128. The second-order valence-electron chi connectivity index (χ2n) is 6.56. The number of aromatic nitrogens is 4. The molecule has 2 aromatic heterocycles. The van der Waals surface area contributed by atoms with E-state index in [4.69, 9.17) is 10.6 Å². The Kier molecular flexibility index (Phi) is 5.44.